The highest BCUT2D eigenvalue weighted by atomic mass is 32.1. The summed E-state index contributed by atoms with van der Waals surface area (Å²) < 4.78 is 0. The number of hydrogen-bond donors (Lipinski definition) is 2. The molecule has 0 fully saturated rings. The van der Waals surface area contributed by atoms with Crippen molar-refractivity contribution in [2.45, 2.75) is 52.4 Å². The lowest BCUT2D eigenvalue weighted by Crippen LogP contribution is -2.26. The third-order valence-electron chi connectivity index (χ3n) is 4.18. The first-order chi connectivity index (χ1) is 13.0. The first-order valence-corrected chi connectivity index (χ1v) is 10.5. The second-order valence-corrected chi connectivity index (χ2v) is 7.95. The Morgan fingerprint density at radius 2 is 1.81 bits per heavy atom. The Morgan fingerprint density at radius 3 is 2.56 bits per heavy atom. The molecule has 6 heteroatoms. The van der Waals surface area contributed by atoms with E-state index in [0.717, 1.165) is 18.8 Å². The fourth-order valence-electron chi connectivity index (χ4n) is 2.69. The first kappa shape index (κ1) is 21.1. The number of carbonyl (C=O) groups is 2. The van der Waals surface area contributed by atoms with Gasteiger partial charge in [-0.3, -0.25) is 14.9 Å². The number of thiazole rings is 1. The number of aromatic nitrogens is 1. The van der Waals surface area contributed by atoms with E-state index >= 15 is 0 Å². The van der Waals surface area contributed by atoms with E-state index in [-0.39, 0.29) is 18.2 Å². The number of nitrogens with one attached hydrogen (secondary N) is 2. The van der Waals surface area contributed by atoms with Crippen LogP contribution in [0, 0.1) is 5.92 Å². The lowest BCUT2D eigenvalue weighted by Gasteiger charge is -2.05. The third kappa shape index (κ3) is 8.35. The van der Waals surface area contributed by atoms with Gasteiger partial charge in [-0.05, 0) is 24.5 Å². The van der Waals surface area contributed by atoms with Gasteiger partial charge in [0.1, 0.15) is 0 Å². The molecule has 0 saturated carbocycles. The summed E-state index contributed by atoms with van der Waals surface area (Å²) in [6.07, 6.45) is 6.18. The molecular weight excluding hydrogens is 358 g/mol. The van der Waals surface area contributed by atoms with Crippen LogP contribution in [0.3, 0.4) is 0 Å². The van der Waals surface area contributed by atoms with Crippen LogP contribution < -0.4 is 10.6 Å². The summed E-state index contributed by atoms with van der Waals surface area (Å²) in [7, 11) is 0. The van der Waals surface area contributed by atoms with E-state index < -0.39 is 0 Å². The van der Waals surface area contributed by atoms with Crippen molar-refractivity contribution in [2.75, 3.05) is 11.9 Å². The van der Waals surface area contributed by atoms with Crippen molar-refractivity contribution in [1.29, 1.82) is 0 Å². The lowest BCUT2D eigenvalue weighted by atomic mass is 10.0. The van der Waals surface area contributed by atoms with Crippen LogP contribution in [0.1, 0.15) is 62.0 Å². The largest absolute Gasteiger partial charge is 0.356 e. The van der Waals surface area contributed by atoms with Gasteiger partial charge in [-0.1, -0.05) is 57.7 Å². The predicted molar refractivity (Wildman–Crippen MR) is 111 cm³/mol. The lowest BCUT2D eigenvalue weighted by molar-refractivity contribution is -0.120. The van der Waals surface area contributed by atoms with Gasteiger partial charge in [0, 0.05) is 17.5 Å². The van der Waals surface area contributed by atoms with Gasteiger partial charge in [0.15, 0.2) is 5.13 Å². The van der Waals surface area contributed by atoms with Crippen LogP contribution in [0.2, 0.25) is 0 Å². The van der Waals surface area contributed by atoms with E-state index in [2.05, 4.69) is 29.5 Å². The van der Waals surface area contributed by atoms with Gasteiger partial charge in [0.05, 0.1) is 12.1 Å². The second kappa shape index (κ2) is 11.5. The summed E-state index contributed by atoms with van der Waals surface area (Å²) in [5.74, 6) is 0.548. The molecule has 0 unspecified atom stereocenters. The van der Waals surface area contributed by atoms with Crippen LogP contribution in [-0.4, -0.2) is 23.3 Å². The van der Waals surface area contributed by atoms with E-state index in [0.29, 0.717) is 22.9 Å². The first-order valence-electron chi connectivity index (χ1n) is 9.62. The van der Waals surface area contributed by atoms with Crippen molar-refractivity contribution in [3.05, 3.63) is 47.0 Å². The van der Waals surface area contributed by atoms with Crippen LogP contribution >= 0.6 is 11.3 Å². The monoisotopic (exact) mass is 387 g/mol. The minimum atomic E-state index is -0.196. The summed E-state index contributed by atoms with van der Waals surface area (Å²) in [6.45, 7) is 5.21. The van der Waals surface area contributed by atoms with Crippen LogP contribution in [0.15, 0.2) is 35.7 Å². The predicted octanol–water partition coefficient (Wildman–Crippen LogP) is 4.66. The SMILES string of the molecule is CC(C)CCCCCCNC(=O)Cc1csc(NC(=O)c2ccccc2)n1. The molecule has 0 bridgehead atoms. The number of anilines is 1. The molecule has 2 N–H and O–H groups in total. The Kier molecular flexibility index (Phi) is 8.98. The average molecular weight is 388 g/mol. The van der Waals surface area contributed by atoms with Crippen LogP contribution in [0.5, 0.6) is 0 Å². The third-order valence-corrected chi connectivity index (χ3v) is 4.99. The number of carbonyl (C=O) groups excluding carboxylic acids is 2. The molecule has 0 aliphatic carbocycles. The normalized spacial score (nSPS) is 10.8. The van der Waals surface area contributed by atoms with Gasteiger partial charge < -0.3 is 5.32 Å². The highest BCUT2D eigenvalue weighted by Crippen LogP contribution is 2.17. The highest BCUT2D eigenvalue weighted by molar-refractivity contribution is 7.14. The Labute approximate surface area is 165 Å². The number of unbranched alkanes of at least 4 members (excludes halogenated alkanes) is 3. The average Bonchev–Trinajstić information content (AvgIpc) is 3.08. The second-order valence-electron chi connectivity index (χ2n) is 7.09. The quantitative estimate of drug-likeness (QED) is 0.551. The summed E-state index contributed by atoms with van der Waals surface area (Å²) in [5.41, 5.74) is 1.26. The van der Waals surface area contributed by atoms with Crippen LogP contribution in [0.25, 0.3) is 0 Å². The fraction of sp³-hybridized carbons (Fsp3) is 0.476. The zero-order valence-electron chi connectivity index (χ0n) is 16.2. The molecule has 0 spiro atoms. The molecule has 2 rings (SSSR count). The van der Waals surface area contributed by atoms with E-state index in [1.54, 1.807) is 12.1 Å². The molecule has 0 atom stereocenters. The van der Waals surface area contributed by atoms with Gasteiger partial charge in [-0.2, -0.15) is 0 Å². The number of rotatable bonds is 11. The standard InChI is InChI=1S/C21H29N3O2S/c1-16(2)10-6-3-4-9-13-22-19(25)14-18-15-27-21(23-18)24-20(26)17-11-7-5-8-12-17/h5,7-8,11-12,15-16H,3-4,6,9-10,13-14H2,1-2H3,(H,22,25)(H,23,24,26). The van der Waals surface area contributed by atoms with Crippen LogP contribution in [-0.2, 0) is 11.2 Å². The molecule has 5 nitrogen and oxygen atoms in total. The number of nitrogens with zero attached hydrogens (tertiary/aromatic N) is 1. The molecule has 2 aromatic rings. The summed E-state index contributed by atoms with van der Waals surface area (Å²) in [4.78, 5) is 28.4. The van der Waals surface area contributed by atoms with Gasteiger partial charge in [0.25, 0.3) is 5.91 Å². The Balaban J connectivity index is 1.65. The highest BCUT2D eigenvalue weighted by Gasteiger charge is 2.10. The fourth-order valence-corrected chi connectivity index (χ4v) is 3.40. The zero-order chi connectivity index (χ0) is 19.5. The minimum absolute atomic E-state index is 0.0246. The Morgan fingerprint density at radius 1 is 1.07 bits per heavy atom. The van der Waals surface area contributed by atoms with Crippen molar-refractivity contribution in [2.24, 2.45) is 5.92 Å². The van der Waals surface area contributed by atoms with Crippen molar-refractivity contribution >= 4 is 28.3 Å². The summed E-state index contributed by atoms with van der Waals surface area (Å²) in [5, 5.41) is 8.04. The Bertz CT molecular complexity index is 713. The minimum Gasteiger partial charge on any atom is -0.356 e. The number of benzene rings is 1. The molecule has 1 aromatic heterocycles. The van der Waals surface area contributed by atoms with E-state index in [9.17, 15) is 9.59 Å². The summed E-state index contributed by atoms with van der Waals surface area (Å²) in [6, 6.07) is 9.00. The molecule has 0 radical (unpaired) electrons. The smallest absolute Gasteiger partial charge is 0.257 e. The molecule has 2 amide bonds. The van der Waals surface area contributed by atoms with Gasteiger partial charge in [0.2, 0.25) is 5.91 Å². The van der Waals surface area contributed by atoms with Crippen molar-refractivity contribution < 1.29 is 9.59 Å². The Hall–Kier alpha value is -2.21. The van der Waals surface area contributed by atoms with Crippen molar-refractivity contribution in [3.8, 4) is 0 Å². The van der Waals surface area contributed by atoms with Crippen molar-refractivity contribution in [1.82, 2.24) is 10.3 Å². The maximum absolute atomic E-state index is 12.1. The van der Waals surface area contributed by atoms with E-state index in [4.69, 9.17) is 0 Å². The molecule has 1 aromatic carbocycles. The van der Waals surface area contributed by atoms with Gasteiger partial charge in [-0.15, -0.1) is 11.3 Å². The zero-order valence-corrected chi connectivity index (χ0v) is 17.0. The van der Waals surface area contributed by atoms with Crippen LogP contribution in [0.4, 0.5) is 5.13 Å². The molecule has 0 saturated heterocycles. The topological polar surface area (TPSA) is 71.1 Å². The molecule has 0 aliphatic heterocycles. The number of amides is 2. The van der Waals surface area contributed by atoms with Gasteiger partial charge in [-0.25, -0.2) is 4.98 Å². The van der Waals surface area contributed by atoms with E-state index in [1.165, 1.54) is 30.6 Å². The molecule has 27 heavy (non-hydrogen) atoms. The van der Waals surface area contributed by atoms with Crippen molar-refractivity contribution in [3.63, 3.8) is 0 Å². The number of hydrogen-bond acceptors (Lipinski definition) is 4. The maximum atomic E-state index is 12.1. The molecule has 1 heterocycles. The maximum Gasteiger partial charge on any atom is 0.257 e. The van der Waals surface area contributed by atoms with E-state index in [1.807, 2.05) is 23.6 Å². The molecular formula is C21H29N3O2S. The van der Waals surface area contributed by atoms with Gasteiger partial charge >= 0.3 is 0 Å². The molecule has 146 valence electrons. The molecule has 0 aliphatic rings. The summed E-state index contributed by atoms with van der Waals surface area (Å²) >= 11 is 1.33.